The molecule has 0 spiro atoms. The maximum Gasteiger partial charge on any atom is 0.223 e. The van der Waals surface area contributed by atoms with Crippen molar-refractivity contribution in [3.8, 4) is 0 Å². The highest BCUT2D eigenvalue weighted by atomic mass is 16.5. The van der Waals surface area contributed by atoms with Gasteiger partial charge in [-0.1, -0.05) is 0 Å². The Bertz CT molecular complexity index is 378. The number of methoxy groups -OCH3 is 1. The normalized spacial score (nSPS) is 28.6. The number of piperidine rings is 1. The van der Waals surface area contributed by atoms with Crippen molar-refractivity contribution in [3.05, 3.63) is 0 Å². The van der Waals surface area contributed by atoms with Gasteiger partial charge < -0.3 is 19.7 Å². The molecular formula is C17H30N2O3. The third kappa shape index (κ3) is 4.21. The van der Waals surface area contributed by atoms with Crippen LogP contribution in [-0.4, -0.2) is 62.9 Å². The molecule has 1 N–H and O–H groups in total. The zero-order valence-electron chi connectivity index (χ0n) is 13.8. The van der Waals surface area contributed by atoms with Gasteiger partial charge in [-0.05, 0) is 38.5 Å². The number of carbonyl (C=O) groups excluding carboxylic acids is 1. The van der Waals surface area contributed by atoms with Gasteiger partial charge in [0, 0.05) is 57.3 Å². The number of likely N-dealkylation sites (tertiary alicyclic amines) is 1. The van der Waals surface area contributed by atoms with Crippen LogP contribution in [0.25, 0.3) is 0 Å². The van der Waals surface area contributed by atoms with Crippen LogP contribution in [0.2, 0.25) is 0 Å². The van der Waals surface area contributed by atoms with E-state index >= 15 is 0 Å². The molecule has 0 aromatic carbocycles. The first-order chi connectivity index (χ1) is 10.7. The summed E-state index contributed by atoms with van der Waals surface area (Å²) in [5.41, 5.74) is 0.160. The average Bonchev–Trinajstić information content (AvgIpc) is 3.28. The zero-order valence-corrected chi connectivity index (χ0v) is 13.8. The topological polar surface area (TPSA) is 50.8 Å². The van der Waals surface area contributed by atoms with Crippen LogP contribution in [0.1, 0.15) is 44.9 Å². The second-order valence-electron chi connectivity index (χ2n) is 7.34. The first-order valence-electron chi connectivity index (χ1n) is 8.81. The predicted molar refractivity (Wildman–Crippen MR) is 84.7 cm³/mol. The summed E-state index contributed by atoms with van der Waals surface area (Å²) >= 11 is 0. The molecule has 0 aromatic rings. The van der Waals surface area contributed by atoms with Crippen LogP contribution >= 0.6 is 0 Å². The summed E-state index contributed by atoms with van der Waals surface area (Å²) in [6.45, 7) is 4.27. The highest BCUT2D eigenvalue weighted by Gasteiger charge is 2.45. The smallest absolute Gasteiger partial charge is 0.223 e. The minimum Gasteiger partial charge on any atom is -0.384 e. The Labute approximate surface area is 133 Å². The molecule has 1 amide bonds. The summed E-state index contributed by atoms with van der Waals surface area (Å²) in [4.78, 5) is 14.7. The molecule has 126 valence electrons. The molecule has 5 heteroatoms. The number of carbonyl (C=O) groups is 1. The standard InChI is InChI=1S/C17H30N2O3/c1-21-13-17(6-7-17)11-16(20)19-8-2-3-15(12-19)18-14-4-9-22-10-5-14/h14-15,18H,2-13H2,1H3. The van der Waals surface area contributed by atoms with E-state index in [-0.39, 0.29) is 5.41 Å². The van der Waals surface area contributed by atoms with Gasteiger partial charge in [0.05, 0.1) is 6.61 Å². The fraction of sp³-hybridized carbons (Fsp3) is 0.941. The molecule has 3 fully saturated rings. The fourth-order valence-corrected chi connectivity index (χ4v) is 3.83. The number of nitrogens with zero attached hydrogens (tertiary/aromatic N) is 1. The summed E-state index contributed by atoms with van der Waals surface area (Å²) in [6, 6.07) is 1.02. The second-order valence-corrected chi connectivity index (χ2v) is 7.34. The van der Waals surface area contributed by atoms with Crippen molar-refractivity contribution >= 4 is 5.91 Å². The van der Waals surface area contributed by atoms with Gasteiger partial charge in [0.25, 0.3) is 0 Å². The zero-order chi connectivity index (χ0) is 15.4. The van der Waals surface area contributed by atoms with E-state index in [1.807, 2.05) is 0 Å². The van der Waals surface area contributed by atoms with E-state index in [2.05, 4.69) is 10.2 Å². The lowest BCUT2D eigenvalue weighted by molar-refractivity contribution is -0.134. The number of amides is 1. The summed E-state index contributed by atoms with van der Waals surface area (Å²) in [5.74, 6) is 0.327. The van der Waals surface area contributed by atoms with Crippen molar-refractivity contribution < 1.29 is 14.3 Å². The Morgan fingerprint density at radius 2 is 2.05 bits per heavy atom. The number of rotatable bonds is 6. The third-order valence-electron chi connectivity index (χ3n) is 5.40. The van der Waals surface area contributed by atoms with Crippen molar-refractivity contribution in [3.63, 3.8) is 0 Å². The lowest BCUT2D eigenvalue weighted by Crippen LogP contribution is -2.52. The molecule has 2 saturated heterocycles. The Kier molecular flexibility index (Phi) is 5.37. The lowest BCUT2D eigenvalue weighted by Gasteiger charge is -2.37. The van der Waals surface area contributed by atoms with Crippen molar-refractivity contribution in [1.82, 2.24) is 10.2 Å². The Morgan fingerprint density at radius 3 is 2.73 bits per heavy atom. The van der Waals surface area contributed by atoms with Crippen LogP contribution in [-0.2, 0) is 14.3 Å². The molecule has 2 heterocycles. The minimum atomic E-state index is 0.160. The van der Waals surface area contributed by atoms with Gasteiger partial charge in [0.1, 0.15) is 0 Å². The maximum absolute atomic E-state index is 12.6. The molecule has 5 nitrogen and oxygen atoms in total. The quantitative estimate of drug-likeness (QED) is 0.809. The van der Waals surface area contributed by atoms with Crippen molar-refractivity contribution in [2.75, 3.05) is 40.0 Å². The maximum atomic E-state index is 12.6. The van der Waals surface area contributed by atoms with Crippen molar-refractivity contribution in [1.29, 1.82) is 0 Å². The van der Waals surface area contributed by atoms with Gasteiger partial charge in [-0.25, -0.2) is 0 Å². The second kappa shape index (κ2) is 7.28. The van der Waals surface area contributed by atoms with E-state index in [9.17, 15) is 4.79 Å². The van der Waals surface area contributed by atoms with E-state index in [4.69, 9.17) is 9.47 Å². The van der Waals surface area contributed by atoms with Crippen LogP contribution in [0.5, 0.6) is 0 Å². The Balaban J connectivity index is 1.46. The molecule has 2 aliphatic heterocycles. The lowest BCUT2D eigenvalue weighted by atomic mass is 9.99. The number of ether oxygens (including phenoxy) is 2. The van der Waals surface area contributed by atoms with Crippen molar-refractivity contribution in [2.24, 2.45) is 5.41 Å². The molecule has 0 aromatic heterocycles. The highest BCUT2D eigenvalue weighted by Crippen LogP contribution is 2.49. The first-order valence-corrected chi connectivity index (χ1v) is 8.81. The molecule has 3 aliphatic rings. The molecule has 0 radical (unpaired) electrons. The molecule has 1 atom stereocenters. The van der Waals surface area contributed by atoms with E-state index < -0.39 is 0 Å². The summed E-state index contributed by atoms with van der Waals surface area (Å²) in [7, 11) is 1.74. The summed E-state index contributed by atoms with van der Waals surface area (Å²) in [6.07, 6.45) is 7.45. The van der Waals surface area contributed by atoms with Crippen LogP contribution in [0, 0.1) is 5.41 Å². The van der Waals surface area contributed by atoms with E-state index in [0.717, 1.165) is 65.0 Å². The number of nitrogens with one attached hydrogen (secondary N) is 1. The molecule has 1 unspecified atom stereocenters. The van der Waals surface area contributed by atoms with E-state index in [1.54, 1.807) is 7.11 Å². The van der Waals surface area contributed by atoms with Crippen molar-refractivity contribution in [2.45, 2.75) is 57.0 Å². The van der Waals surface area contributed by atoms with Gasteiger partial charge in [0.15, 0.2) is 0 Å². The fourth-order valence-electron chi connectivity index (χ4n) is 3.83. The molecular weight excluding hydrogens is 280 g/mol. The molecule has 22 heavy (non-hydrogen) atoms. The monoisotopic (exact) mass is 310 g/mol. The summed E-state index contributed by atoms with van der Waals surface area (Å²) < 4.78 is 10.7. The first kappa shape index (κ1) is 16.2. The van der Waals surface area contributed by atoms with E-state index in [0.29, 0.717) is 24.4 Å². The molecule has 1 saturated carbocycles. The minimum absolute atomic E-state index is 0.160. The van der Waals surface area contributed by atoms with E-state index in [1.165, 1.54) is 6.42 Å². The third-order valence-corrected chi connectivity index (χ3v) is 5.40. The SMILES string of the molecule is COCC1(CC(=O)N2CCCC(NC3CCOCC3)C2)CC1. The molecule has 3 rings (SSSR count). The van der Waals surface area contributed by atoms with Gasteiger partial charge >= 0.3 is 0 Å². The van der Waals surface area contributed by atoms with Crippen LogP contribution in [0.3, 0.4) is 0 Å². The molecule has 0 bridgehead atoms. The Hall–Kier alpha value is -0.650. The molecule has 1 aliphatic carbocycles. The van der Waals surface area contributed by atoms with Crippen LogP contribution < -0.4 is 5.32 Å². The Morgan fingerprint density at radius 1 is 1.27 bits per heavy atom. The van der Waals surface area contributed by atoms with Crippen LogP contribution in [0.15, 0.2) is 0 Å². The van der Waals surface area contributed by atoms with Gasteiger partial charge in [-0.15, -0.1) is 0 Å². The predicted octanol–water partition coefficient (Wildman–Crippen LogP) is 1.56. The van der Waals surface area contributed by atoms with Gasteiger partial charge in [0.2, 0.25) is 5.91 Å². The summed E-state index contributed by atoms with van der Waals surface area (Å²) in [5, 5.41) is 3.75. The largest absolute Gasteiger partial charge is 0.384 e. The highest BCUT2D eigenvalue weighted by molar-refractivity contribution is 5.77. The van der Waals surface area contributed by atoms with Gasteiger partial charge in [-0.3, -0.25) is 4.79 Å². The van der Waals surface area contributed by atoms with Gasteiger partial charge in [-0.2, -0.15) is 0 Å². The average molecular weight is 310 g/mol. The van der Waals surface area contributed by atoms with Crippen LogP contribution in [0.4, 0.5) is 0 Å². The number of hydrogen-bond acceptors (Lipinski definition) is 4. The number of hydrogen-bond donors (Lipinski definition) is 1.